The molecule has 0 spiro atoms. The Morgan fingerprint density at radius 1 is 0.309 bits per heavy atom. The van der Waals surface area contributed by atoms with Gasteiger partial charge in [-0.2, -0.15) is 0 Å². The number of nitrogens with zero attached hydrogens (tertiary/aromatic N) is 4. The second-order valence-corrected chi connectivity index (χ2v) is 13.8. The molecule has 5 heteroatoms. The smallest absolute Gasteiger partial charge is 0.227 e. The summed E-state index contributed by atoms with van der Waals surface area (Å²) in [6.07, 6.45) is 0. The summed E-state index contributed by atoms with van der Waals surface area (Å²) < 4.78 is 6.48. The highest BCUT2D eigenvalue weighted by Gasteiger charge is 2.18. The van der Waals surface area contributed by atoms with Crippen molar-refractivity contribution in [3.63, 3.8) is 0 Å². The molecule has 0 aliphatic heterocycles. The van der Waals surface area contributed by atoms with Crippen molar-refractivity contribution in [3.05, 3.63) is 182 Å². The van der Waals surface area contributed by atoms with Gasteiger partial charge in [0.2, 0.25) is 5.89 Å². The standard InChI is InChI=1S/C50H30N4O/c1-2-13-35(14-3-1)50-51-45-44-30-37(27-28-41(44)40-18-8-9-19-42(40)46(45)55-50)32-21-24-34(25-22-32)47-52-48(38-26-23-31-11-4-5-15-36(31)29-38)54-49(53-47)43-20-10-16-33-12-6-7-17-39(33)43/h1-30H. The van der Waals surface area contributed by atoms with Gasteiger partial charge >= 0.3 is 0 Å². The maximum atomic E-state index is 6.48. The largest absolute Gasteiger partial charge is 0.435 e. The highest BCUT2D eigenvalue weighted by molar-refractivity contribution is 6.23. The Morgan fingerprint density at radius 2 is 0.909 bits per heavy atom. The average molecular weight is 703 g/mol. The number of aromatic nitrogens is 4. The normalized spacial score (nSPS) is 11.6. The van der Waals surface area contributed by atoms with Crippen LogP contribution in [0.3, 0.4) is 0 Å². The third kappa shape index (κ3) is 5.33. The molecule has 0 bridgehead atoms. The minimum Gasteiger partial charge on any atom is -0.435 e. The lowest BCUT2D eigenvalue weighted by atomic mass is 9.96. The van der Waals surface area contributed by atoms with Crippen LogP contribution in [0.15, 0.2) is 186 Å². The van der Waals surface area contributed by atoms with Gasteiger partial charge in [0.25, 0.3) is 0 Å². The van der Waals surface area contributed by atoms with Crippen LogP contribution in [-0.2, 0) is 0 Å². The maximum Gasteiger partial charge on any atom is 0.227 e. The van der Waals surface area contributed by atoms with Gasteiger partial charge in [0, 0.05) is 33.0 Å². The van der Waals surface area contributed by atoms with Crippen molar-refractivity contribution in [1.29, 1.82) is 0 Å². The van der Waals surface area contributed by atoms with Gasteiger partial charge in [-0.25, -0.2) is 19.9 Å². The van der Waals surface area contributed by atoms with Gasteiger partial charge < -0.3 is 4.42 Å². The predicted molar refractivity (Wildman–Crippen MR) is 225 cm³/mol. The van der Waals surface area contributed by atoms with Crippen LogP contribution < -0.4 is 0 Å². The number of rotatable bonds is 5. The summed E-state index contributed by atoms with van der Waals surface area (Å²) in [6, 6.07) is 63.0. The molecule has 0 N–H and O–H groups in total. The van der Waals surface area contributed by atoms with Crippen LogP contribution in [0.2, 0.25) is 0 Å². The topological polar surface area (TPSA) is 64.7 Å². The van der Waals surface area contributed by atoms with E-state index in [4.69, 9.17) is 24.4 Å². The van der Waals surface area contributed by atoms with Crippen LogP contribution in [0, 0.1) is 0 Å². The van der Waals surface area contributed by atoms with Crippen LogP contribution in [0.4, 0.5) is 0 Å². The molecule has 11 rings (SSSR count). The van der Waals surface area contributed by atoms with E-state index in [2.05, 4.69) is 152 Å². The Kier molecular flexibility index (Phi) is 7.10. The molecule has 0 fully saturated rings. The van der Waals surface area contributed by atoms with E-state index >= 15 is 0 Å². The van der Waals surface area contributed by atoms with E-state index in [-0.39, 0.29) is 0 Å². The predicted octanol–water partition coefficient (Wildman–Crippen LogP) is 13.0. The molecule has 5 nitrogen and oxygen atoms in total. The lowest BCUT2D eigenvalue weighted by molar-refractivity contribution is 0.623. The summed E-state index contributed by atoms with van der Waals surface area (Å²) in [5.74, 6) is 2.51. The zero-order chi connectivity index (χ0) is 36.3. The Labute approximate surface area is 316 Å². The van der Waals surface area contributed by atoms with Crippen LogP contribution >= 0.6 is 0 Å². The molecule has 2 heterocycles. The molecular weight excluding hydrogens is 673 g/mol. The molecule has 0 aliphatic rings. The molecule has 256 valence electrons. The number of oxazole rings is 1. The fourth-order valence-electron chi connectivity index (χ4n) is 7.78. The van der Waals surface area contributed by atoms with E-state index < -0.39 is 0 Å². The monoisotopic (exact) mass is 702 g/mol. The number of benzene rings is 9. The van der Waals surface area contributed by atoms with E-state index in [1.54, 1.807) is 0 Å². The lowest BCUT2D eigenvalue weighted by Gasteiger charge is -2.11. The van der Waals surface area contributed by atoms with Gasteiger partial charge in [0.15, 0.2) is 23.1 Å². The molecular formula is C50H30N4O. The fourth-order valence-corrected chi connectivity index (χ4v) is 7.78. The average Bonchev–Trinajstić information content (AvgIpc) is 3.73. The molecule has 11 aromatic rings. The third-order valence-electron chi connectivity index (χ3n) is 10.5. The van der Waals surface area contributed by atoms with Gasteiger partial charge in [-0.05, 0) is 67.7 Å². The van der Waals surface area contributed by atoms with Gasteiger partial charge in [-0.1, -0.05) is 158 Å². The third-order valence-corrected chi connectivity index (χ3v) is 10.5. The number of hydrogen-bond acceptors (Lipinski definition) is 5. The summed E-state index contributed by atoms with van der Waals surface area (Å²) in [4.78, 5) is 20.3. The van der Waals surface area contributed by atoms with Crippen LogP contribution in [0.1, 0.15) is 0 Å². The Bertz CT molecular complexity index is 3250. The van der Waals surface area contributed by atoms with Gasteiger partial charge in [0.05, 0.1) is 0 Å². The summed E-state index contributed by atoms with van der Waals surface area (Å²) in [5, 5.41) is 8.95. The van der Waals surface area contributed by atoms with Gasteiger partial charge in [-0.3, -0.25) is 0 Å². The SMILES string of the molecule is c1ccc(-c2nc3c4cc(-c5ccc(-c6nc(-c7ccc8ccccc8c7)nc(-c7cccc8ccccc78)n6)cc5)ccc4c4ccccc4c3o2)cc1. The first-order valence-corrected chi connectivity index (χ1v) is 18.4. The van der Waals surface area contributed by atoms with E-state index in [1.807, 2.05) is 30.3 Å². The second-order valence-electron chi connectivity index (χ2n) is 13.8. The van der Waals surface area contributed by atoms with Crippen molar-refractivity contribution in [2.45, 2.75) is 0 Å². The van der Waals surface area contributed by atoms with Crippen LogP contribution in [0.25, 0.3) is 111 Å². The first-order chi connectivity index (χ1) is 27.2. The van der Waals surface area contributed by atoms with Gasteiger partial charge in [0.1, 0.15) is 5.52 Å². The second kappa shape index (κ2) is 12.6. The molecule has 55 heavy (non-hydrogen) atoms. The van der Waals surface area contributed by atoms with Gasteiger partial charge in [-0.15, -0.1) is 0 Å². The van der Waals surface area contributed by atoms with Crippen molar-refractivity contribution < 1.29 is 4.42 Å². The molecule has 0 radical (unpaired) electrons. The molecule has 0 atom stereocenters. The Hall–Kier alpha value is -7.50. The molecule has 0 saturated carbocycles. The first kappa shape index (κ1) is 31.1. The fraction of sp³-hybridized carbons (Fsp3) is 0. The molecule has 2 aromatic heterocycles. The van der Waals surface area contributed by atoms with Crippen molar-refractivity contribution >= 4 is 54.2 Å². The molecule has 0 aliphatic carbocycles. The summed E-state index contributed by atoms with van der Waals surface area (Å²) in [6.45, 7) is 0. The van der Waals surface area contributed by atoms with Crippen molar-refractivity contribution in [2.24, 2.45) is 0 Å². The van der Waals surface area contributed by atoms with Crippen LogP contribution in [0.5, 0.6) is 0 Å². The molecule has 9 aromatic carbocycles. The van der Waals surface area contributed by atoms with E-state index in [9.17, 15) is 0 Å². The zero-order valence-electron chi connectivity index (χ0n) is 29.5. The van der Waals surface area contributed by atoms with E-state index in [0.29, 0.717) is 23.4 Å². The Morgan fingerprint density at radius 3 is 1.75 bits per heavy atom. The Balaban J connectivity index is 1.04. The zero-order valence-corrected chi connectivity index (χ0v) is 29.5. The minimum absolute atomic E-state index is 0.617. The highest BCUT2D eigenvalue weighted by Crippen LogP contribution is 2.39. The summed E-state index contributed by atoms with van der Waals surface area (Å²) in [7, 11) is 0. The number of fused-ring (bicyclic) bond motifs is 8. The van der Waals surface area contributed by atoms with Crippen molar-refractivity contribution in [1.82, 2.24) is 19.9 Å². The minimum atomic E-state index is 0.617. The first-order valence-electron chi connectivity index (χ1n) is 18.4. The highest BCUT2D eigenvalue weighted by atomic mass is 16.3. The van der Waals surface area contributed by atoms with Crippen LogP contribution in [-0.4, -0.2) is 19.9 Å². The van der Waals surface area contributed by atoms with E-state index in [0.717, 1.165) is 82.2 Å². The lowest BCUT2D eigenvalue weighted by Crippen LogP contribution is -2.00. The molecule has 0 amide bonds. The van der Waals surface area contributed by atoms with Crippen molar-refractivity contribution in [3.8, 4) is 56.7 Å². The van der Waals surface area contributed by atoms with Crippen molar-refractivity contribution in [2.75, 3.05) is 0 Å². The molecule has 0 unspecified atom stereocenters. The van der Waals surface area contributed by atoms with E-state index in [1.165, 1.54) is 5.39 Å². The molecule has 0 saturated heterocycles. The quantitative estimate of drug-likeness (QED) is 0.167. The maximum absolute atomic E-state index is 6.48. The summed E-state index contributed by atoms with van der Waals surface area (Å²) in [5.41, 5.74) is 7.60. The summed E-state index contributed by atoms with van der Waals surface area (Å²) >= 11 is 0. The number of hydrogen-bond donors (Lipinski definition) is 0.